The molecule has 25 heavy (non-hydrogen) atoms. The first-order valence-electron chi connectivity index (χ1n) is 7.75. The topological polar surface area (TPSA) is 93.8 Å². The molecule has 130 valence electrons. The van der Waals surface area contributed by atoms with Crippen LogP contribution in [0.1, 0.15) is 30.9 Å². The SMILES string of the molecule is CC(C)c1ccccc1OCC(=O)N/N=C/c1ccc([N+](=O)[O-])cc1. The largest absolute Gasteiger partial charge is 0.483 e. The van der Waals surface area contributed by atoms with E-state index in [-0.39, 0.29) is 12.3 Å². The number of para-hydroxylation sites is 1. The van der Waals surface area contributed by atoms with Crippen molar-refractivity contribution in [2.45, 2.75) is 19.8 Å². The summed E-state index contributed by atoms with van der Waals surface area (Å²) in [6, 6.07) is 13.4. The summed E-state index contributed by atoms with van der Waals surface area (Å²) >= 11 is 0. The second kappa shape index (κ2) is 8.58. The monoisotopic (exact) mass is 341 g/mol. The van der Waals surface area contributed by atoms with Crippen molar-refractivity contribution in [2.24, 2.45) is 5.10 Å². The summed E-state index contributed by atoms with van der Waals surface area (Å²) in [4.78, 5) is 21.9. The molecule has 0 aliphatic carbocycles. The van der Waals surface area contributed by atoms with E-state index in [1.165, 1.54) is 18.3 Å². The van der Waals surface area contributed by atoms with Gasteiger partial charge >= 0.3 is 0 Å². The van der Waals surface area contributed by atoms with Gasteiger partial charge in [-0.05, 0) is 35.2 Å². The predicted molar refractivity (Wildman–Crippen MR) is 94.9 cm³/mol. The van der Waals surface area contributed by atoms with Crippen molar-refractivity contribution in [3.63, 3.8) is 0 Å². The highest BCUT2D eigenvalue weighted by Gasteiger charge is 2.08. The number of carbonyl (C=O) groups is 1. The third-order valence-electron chi connectivity index (χ3n) is 3.41. The van der Waals surface area contributed by atoms with Crippen molar-refractivity contribution in [1.82, 2.24) is 5.43 Å². The third kappa shape index (κ3) is 5.42. The molecule has 2 aromatic rings. The van der Waals surface area contributed by atoms with Crippen LogP contribution in [0.2, 0.25) is 0 Å². The molecule has 1 N–H and O–H groups in total. The van der Waals surface area contributed by atoms with Crippen molar-refractivity contribution < 1.29 is 14.5 Å². The van der Waals surface area contributed by atoms with Gasteiger partial charge in [-0.2, -0.15) is 5.10 Å². The number of ether oxygens (including phenoxy) is 1. The molecule has 0 unspecified atom stereocenters. The van der Waals surface area contributed by atoms with Gasteiger partial charge in [-0.3, -0.25) is 14.9 Å². The molecule has 0 heterocycles. The second-order valence-electron chi connectivity index (χ2n) is 5.62. The van der Waals surface area contributed by atoms with Crippen molar-refractivity contribution in [3.8, 4) is 5.75 Å². The number of hydrazone groups is 1. The Morgan fingerprint density at radius 3 is 2.56 bits per heavy atom. The third-order valence-corrected chi connectivity index (χ3v) is 3.41. The molecule has 0 aliphatic heterocycles. The lowest BCUT2D eigenvalue weighted by atomic mass is 10.0. The molecular weight excluding hydrogens is 322 g/mol. The molecule has 0 fully saturated rings. The number of nitrogens with zero attached hydrogens (tertiary/aromatic N) is 2. The van der Waals surface area contributed by atoms with Crippen LogP contribution in [0.4, 0.5) is 5.69 Å². The summed E-state index contributed by atoms with van der Waals surface area (Å²) in [5, 5.41) is 14.4. The van der Waals surface area contributed by atoms with Gasteiger partial charge in [0.25, 0.3) is 11.6 Å². The molecule has 0 radical (unpaired) electrons. The predicted octanol–water partition coefficient (Wildman–Crippen LogP) is 3.25. The summed E-state index contributed by atoms with van der Waals surface area (Å²) in [6.45, 7) is 3.95. The van der Waals surface area contributed by atoms with E-state index in [0.29, 0.717) is 17.2 Å². The van der Waals surface area contributed by atoms with Gasteiger partial charge in [-0.1, -0.05) is 32.0 Å². The molecule has 0 spiro atoms. The Morgan fingerprint density at radius 1 is 1.24 bits per heavy atom. The van der Waals surface area contributed by atoms with Crippen molar-refractivity contribution in [1.29, 1.82) is 0 Å². The summed E-state index contributed by atoms with van der Waals surface area (Å²) in [7, 11) is 0. The quantitative estimate of drug-likeness (QED) is 0.475. The number of nitrogens with one attached hydrogen (secondary N) is 1. The lowest BCUT2D eigenvalue weighted by Gasteiger charge is -2.12. The van der Waals surface area contributed by atoms with E-state index in [1.54, 1.807) is 12.1 Å². The number of hydrogen-bond donors (Lipinski definition) is 1. The normalized spacial score (nSPS) is 10.8. The van der Waals surface area contributed by atoms with Gasteiger partial charge in [-0.15, -0.1) is 0 Å². The number of benzene rings is 2. The zero-order chi connectivity index (χ0) is 18.2. The van der Waals surface area contributed by atoms with Crippen molar-refractivity contribution in [2.75, 3.05) is 6.61 Å². The Balaban J connectivity index is 1.85. The highest BCUT2D eigenvalue weighted by atomic mass is 16.6. The lowest BCUT2D eigenvalue weighted by molar-refractivity contribution is -0.384. The number of carbonyl (C=O) groups excluding carboxylic acids is 1. The number of nitro benzene ring substituents is 1. The van der Waals surface area contributed by atoms with Gasteiger partial charge in [0.2, 0.25) is 0 Å². The van der Waals surface area contributed by atoms with E-state index < -0.39 is 10.8 Å². The molecule has 2 aromatic carbocycles. The van der Waals surface area contributed by atoms with Gasteiger partial charge in [0.05, 0.1) is 11.1 Å². The van der Waals surface area contributed by atoms with Gasteiger partial charge in [0.1, 0.15) is 5.75 Å². The Hall–Kier alpha value is -3.22. The average molecular weight is 341 g/mol. The van der Waals surface area contributed by atoms with Gasteiger partial charge in [0, 0.05) is 12.1 Å². The maximum atomic E-state index is 11.8. The van der Waals surface area contributed by atoms with Crippen LogP contribution in [0, 0.1) is 10.1 Å². The molecule has 7 heteroatoms. The van der Waals surface area contributed by atoms with Crippen LogP contribution in [0.5, 0.6) is 5.75 Å². The van der Waals surface area contributed by atoms with Crippen LogP contribution in [0.15, 0.2) is 53.6 Å². The minimum absolute atomic E-state index is 0.00148. The number of rotatable bonds is 7. The highest BCUT2D eigenvalue weighted by molar-refractivity contribution is 5.83. The maximum Gasteiger partial charge on any atom is 0.277 e. The van der Waals surface area contributed by atoms with Gasteiger partial charge < -0.3 is 4.74 Å². The van der Waals surface area contributed by atoms with E-state index in [0.717, 1.165) is 5.56 Å². The fourth-order valence-electron chi connectivity index (χ4n) is 2.13. The summed E-state index contributed by atoms with van der Waals surface area (Å²) in [5.74, 6) is 0.572. The lowest BCUT2D eigenvalue weighted by Crippen LogP contribution is -2.24. The zero-order valence-corrected chi connectivity index (χ0v) is 14.0. The average Bonchev–Trinajstić information content (AvgIpc) is 2.60. The molecule has 0 aromatic heterocycles. The fraction of sp³-hybridized carbons (Fsp3) is 0.222. The Kier molecular flexibility index (Phi) is 6.22. The zero-order valence-electron chi connectivity index (χ0n) is 14.0. The van der Waals surface area contributed by atoms with Gasteiger partial charge in [-0.25, -0.2) is 5.43 Å². The molecule has 0 aliphatic rings. The van der Waals surface area contributed by atoms with E-state index in [2.05, 4.69) is 24.4 Å². The van der Waals surface area contributed by atoms with Crippen LogP contribution < -0.4 is 10.2 Å². The van der Waals surface area contributed by atoms with Crippen LogP contribution in [0.3, 0.4) is 0 Å². The molecule has 0 saturated carbocycles. The van der Waals surface area contributed by atoms with E-state index in [1.807, 2.05) is 24.3 Å². The van der Waals surface area contributed by atoms with E-state index in [4.69, 9.17) is 4.74 Å². The van der Waals surface area contributed by atoms with Crippen molar-refractivity contribution in [3.05, 3.63) is 69.8 Å². The number of hydrogen-bond acceptors (Lipinski definition) is 5. The number of amides is 1. The van der Waals surface area contributed by atoms with Crippen LogP contribution in [0.25, 0.3) is 0 Å². The van der Waals surface area contributed by atoms with Crippen LogP contribution >= 0.6 is 0 Å². The van der Waals surface area contributed by atoms with E-state index in [9.17, 15) is 14.9 Å². The molecule has 0 bridgehead atoms. The summed E-state index contributed by atoms with van der Waals surface area (Å²) in [6.07, 6.45) is 1.41. The molecule has 7 nitrogen and oxygen atoms in total. The Bertz CT molecular complexity index is 770. The molecule has 0 saturated heterocycles. The molecule has 0 atom stereocenters. The fourth-order valence-corrected chi connectivity index (χ4v) is 2.13. The second-order valence-corrected chi connectivity index (χ2v) is 5.62. The number of non-ortho nitro benzene ring substituents is 1. The minimum Gasteiger partial charge on any atom is -0.483 e. The molecular formula is C18H19N3O4. The Labute approximate surface area is 145 Å². The standard InChI is InChI=1S/C18H19N3O4/c1-13(2)16-5-3-4-6-17(16)25-12-18(22)20-19-11-14-7-9-15(10-8-14)21(23)24/h3-11,13H,12H2,1-2H3,(H,20,22)/b19-11+. The number of nitro groups is 1. The van der Waals surface area contributed by atoms with Crippen molar-refractivity contribution >= 4 is 17.8 Å². The minimum atomic E-state index is -0.477. The van der Waals surface area contributed by atoms with Crippen LogP contribution in [-0.4, -0.2) is 23.7 Å². The smallest absolute Gasteiger partial charge is 0.277 e. The van der Waals surface area contributed by atoms with E-state index >= 15 is 0 Å². The van der Waals surface area contributed by atoms with Gasteiger partial charge in [0.15, 0.2) is 6.61 Å². The summed E-state index contributed by atoms with van der Waals surface area (Å²) < 4.78 is 5.54. The first kappa shape index (κ1) is 18.1. The first-order valence-corrected chi connectivity index (χ1v) is 7.75. The highest BCUT2D eigenvalue weighted by Crippen LogP contribution is 2.25. The maximum absolute atomic E-state index is 11.8. The summed E-state index contributed by atoms with van der Waals surface area (Å²) in [5.41, 5.74) is 4.03. The molecule has 1 amide bonds. The first-order chi connectivity index (χ1) is 12.0. The van der Waals surface area contributed by atoms with Crippen LogP contribution in [-0.2, 0) is 4.79 Å². The molecule has 2 rings (SSSR count). The Morgan fingerprint density at radius 2 is 1.92 bits per heavy atom.